The van der Waals surface area contributed by atoms with Crippen LogP contribution in [-0.2, 0) is 11.0 Å². The number of benzene rings is 2. The van der Waals surface area contributed by atoms with Crippen molar-refractivity contribution in [2.75, 3.05) is 5.32 Å². The summed E-state index contributed by atoms with van der Waals surface area (Å²) < 4.78 is 52.2. The van der Waals surface area contributed by atoms with E-state index in [9.17, 15) is 22.4 Å². The maximum atomic E-state index is 14.1. The Labute approximate surface area is 181 Å². The molecule has 1 aliphatic carbocycles. The summed E-state index contributed by atoms with van der Waals surface area (Å²) in [6, 6.07) is 14.6. The molecule has 162 valence electrons. The number of thiophene rings is 1. The first kappa shape index (κ1) is 21.6. The van der Waals surface area contributed by atoms with Crippen LogP contribution in [0.2, 0.25) is 0 Å². The largest absolute Gasteiger partial charge is 0.416 e. The van der Waals surface area contributed by atoms with Crippen LogP contribution in [0.1, 0.15) is 42.7 Å². The monoisotopic (exact) mass is 447 g/mol. The number of hydrogen-bond donors (Lipinski definition) is 1. The molecule has 0 spiro atoms. The lowest BCUT2D eigenvalue weighted by Crippen LogP contribution is -2.28. The van der Waals surface area contributed by atoms with Gasteiger partial charge in [0.2, 0.25) is 5.91 Å². The summed E-state index contributed by atoms with van der Waals surface area (Å²) in [7, 11) is 0. The highest BCUT2D eigenvalue weighted by atomic mass is 32.1. The van der Waals surface area contributed by atoms with Crippen LogP contribution in [0.15, 0.2) is 60.0 Å². The second-order valence-electron chi connectivity index (χ2n) is 7.84. The van der Waals surface area contributed by atoms with Gasteiger partial charge in [-0.25, -0.2) is 4.39 Å². The van der Waals surface area contributed by atoms with Gasteiger partial charge in [0.25, 0.3) is 0 Å². The predicted octanol–water partition coefficient (Wildman–Crippen LogP) is 7.49. The minimum absolute atomic E-state index is 0.222. The summed E-state index contributed by atoms with van der Waals surface area (Å²) in [5.74, 6) is -1.52. The smallest absolute Gasteiger partial charge is 0.323 e. The number of anilines is 1. The standard InChI is InChI=1S/C24H21F4NOS/c25-20-14-19(24(26,27)28)10-11-21(20)29-23(30)18-4-1-3-17(13-18)15-6-8-16(9-7-15)22-5-2-12-31-22/h2,5-12,14,17-18H,1,3-4,13H2,(H,29,30). The van der Waals surface area contributed by atoms with Crippen molar-refractivity contribution in [3.05, 3.63) is 76.9 Å². The van der Waals surface area contributed by atoms with Crippen molar-refractivity contribution in [3.63, 3.8) is 0 Å². The van der Waals surface area contributed by atoms with Gasteiger partial charge in [-0.15, -0.1) is 11.3 Å². The molecule has 1 aromatic heterocycles. The van der Waals surface area contributed by atoms with Crippen molar-refractivity contribution in [2.24, 2.45) is 5.92 Å². The van der Waals surface area contributed by atoms with Crippen molar-refractivity contribution in [1.29, 1.82) is 0 Å². The average Bonchev–Trinajstić information content (AvgIpc) is 3.29. The maximum absolute atomic E-state index is 14.1. The second kappa shape index (κ2) is 8.83. The molecule has 7 heteroatoms. The Morgan fingerprint density at radius 1 is 1.03 bits per heavy atom. The fourth-order valence-electron chi connectivity index (χ4n) is 4.12. The van der Waals surface area contributed by atoms with E-state index in [-0.39, 0.29) is 23.4 Å². The van der Waals surface area contributed by atoms with E-state index in [1.807, 2.05) is 11.4 Å². The zero-order chi connectivity index (χ0) is 22.0. The molecule has 0 bridgehead atoms. The van der Waals surface area contributed by atoms with Gasteiger partial charge in [-0.3, -0.25) is 4.79 Å². The van der Waals surface area contributed by atoms with Gasteiger partial charge in [-0.1, -0.05) is 36.8 Å². The molecule has 2 atom stereocenters. The lowest BCUT2D eigenvalue weighted by Gasteiger charge is -2.29. The van der Waals surface area contributed by atoms with Crippen LogP contribution in [0.5, 0.6) is 0 Å². The molecule has 1 amide bonds. The lowest BCUT2D eigenvalue weighted by molar-refractivity contribution is -0.137. The quantitative estimate of drug-likeness (QED) is 0.413. The van der Waals surface area contributed by atoms with E-state index in [1.54, 1.807) is 11.3 Å². The SMILES string of the molecule is O=C(Nc1ccc(C(F)(F)F)cc1F)C1CCCC(c2ccc(-c3cccs3)cc2)C1. The Hall–Kier alpha value is -2.67. The third-order valence-corrected chi connectivity index (χ3v) is 6.71. The summed E-state index contributed by atoms with van der Waals surface area (Å²) in [4.78, 5) is 13.9. The van der Waals surface area contributed by atoms with Crippen LogP contribution in [0.4, 0.5) is 23.2 Å². The van der Waals surface area contributed by atoms with Gasteiger partial charge >= 0.3 is 6.18 Å². The topological polar surface area (TPSA) is 29.1 Å². The van der Waals surface area contributed by atoms with Gasteiger partial charge in [0, 0.05) is 10.8 Å². The van der Waals surface area contributed by atoms with E-state index in [4.69, 9.17) is 0 Å². The zero-order valence-electron chi connectivity index (χ0n) is 16.6. The second-order valence-corrected chi connectivity index (χ2v) is 8.79. The molecule has 4 rings (SSSR count). The van der Waals surface area contributed by atoms with Gasteiger partial charge < -0.3 is 5.32 Å². The predicted molar refractivity (Wildman–Crippen MR) is 114 cm³/mol. The van der Waals surface area contributed by atoms with Crippen molar-refractivity contribution in [1.82, 2.24) is 0 Å². The molecule has 3 aromatic rings. The molecule has 2 unspecified atom stereocenters. The van der Waals surface area contributed by atoms with Crippen LogP contribution in [0.25, 0.3) is 10.4 Å². The van der Waals surface area contributed by atoms with Crippen molar-refractivity contribution >= 4 is 22.9 Å². The normalized spacial score (nSPS) is 19.2. The van der Waals surface area contributed by atoms with Gasteiger partial charge in [0.05, 0.1) is 11.3 Å². The maximum Gasteiger partial charge on any atom is 0.416 e. The highest BCUT2D eigenvalue weighted by Gasteiger charge is 2.32. The number of rotatable bonds is 4. The van der Waals surface area contributed by atoms with E-state index >= 15 is 0 Å². The molecular formula is C24H21F4NOS. The first-order valence-electron chi connectivity index (χ1n) is 10.1. The third kappa shape index (κ3) is 4.98. The molecule has 2 aromatic carbocycles. The summed E-state index contributed by atoms with van der Waals surface area (Å²) in [5.41, 5.74) is 1.02. The molecule has 2 nitrogen and oxygen atoms in total. The fraction of sp³-hybridized carbons (Fsp3) is 0.292. The Morgan fingerprint density at radius 2 is 1.81 bits per heavy atom. The Kier molecular flexibility index (Phi) is 6.14. The minimum Gasteiger partial charge on any atom is -0.323 e. The van der Waals surface area contributed by atoms with Crippen LogP contribution in [0, 0.1) is 11.7 Å². The van der Waals surface area contributed by atoms with E-state index in [0.717, 1.165) is 30.5 Å². The van der Waals surface area contributed by atoms with Crippen molar-refractivity contribution in [3.8, 4) is 10.4 Å². The number of halogens is 4. The van der Waals surface area contributed by atoms with E-state index in [1.165, 1.54) is 10.4 Å². The first-order chi connectivity index (χ1) is 14.8. The van der Waals surface area contributed by atoms with Gasteiger partial charge in [0.1, 0.15) is 5.82 Å². The summed E-state index contributed by atoms with van der Waals surface area (Å²) in [6.45, 7) is 0. The molecule has 31 heavy (non-hydrogen) atoms. The highest BCUT2D eigenvalue weighted by molar-refractivity contribution is 7.13. The third-order valence-electron chi connectivity index (χ3n) is 5.79. The number of carbonyl (C=O) groups excluding carboxylic acids is 1. The molecule has 1 aliphatic rings. The zero-order valence-corrected chi connectivity index (χ0v) is 17.4. The molecule has 0 saturated heterocycles. The fourth-order valence-corrected chi connectivity index (χ4v) is 4.85. The van der Waals surface area contributed by atoms with E-state index in [2.05, 4.69) is 35.6 Å². The van der Waals surface area contributed by atoms with Crippen LogP contribution >= 0.6 is 11.3 Å². The van der Waals surface area contributed by atoms with Crippen LogP contribution in [0.3, 0.4) is 0 Å². The first-order valence-corrected chi connectivity index (χ1v) is 11.0. The molecule has 1 saturated carbocycles. The number of carbonyl (C=O) groups is 1. The van der Waals surface area contributed by atoms with Crippen molar-refractivity contribution in [2.45, 2.75) is 37.8 Å². The van der Waals surface area contributed by atoms with Crippen LogP contribution < -0.4 is 5.32 Å². The van der Waals surface area contributed by atoms with E-state index < -0.39 is 17.6 Å². The molecule has 1 N–H and O–H groups in total. The molecule has 1 heterocycles. The Balaban J connectivity index is 1.42. The minimum atomic E-state index is -4.63. The van der Waals surface area contributed by atoms with Gasteiger partial charge in [-0.2, -0.15) is 13.2 Å². The molecular weight excluding hydrogens is 426 g/mol. The summed E-state index contributed by atoms with van der Waals surface area (Å²) in [5, 5.41) is 4.51. The molecule has 1 fully saturated rings. The number of hydrogen-bond acceptors (Lipinski definition) is 2. The molecule has 0 aliphatic heterocycles. The van der Waals surface area contributed by atoms with E-state index in [0.29, 0.717) is 18.9 Å². The lowest BCUT2D eigenvalue weighted by atomic mass is 9.77. The average molecular weight is 447 g/mol. The highest BCUT2D eigenvalue weighted by Crippen LogP contribution is 2.38. The Morgan fingerprint density at radius 3 is 2.45 bits per heavy atom. The molecule has 0 radical (unpaired) electrons. The number of nitrogens with one attached hydrogen (secondary N) is 1. The number of alkyl halides is 3. The number of amides is 1. The van der Waals surface area contributed by atoms with Gasteiger partial charge in [0.15, 0.2) is 0 Å². The van der Waals surface area contributed by atoms with Gasteiger partial charge in [-0.05, 0) is 66.0 Å². The van der Waals surface area contributed by atoms with Crippen molar-refractivity contribution < 1.29 is 22.4 Å². The Bertz CT molecular complexity index is 1040. The van der Waals surface area contributed by atoms with Crippen LogP contribution in [-0.4, -0.2) is 5.91 Å². The summed E-state index contributed by atoms with van der Waals surface area (Å²) in [6.07, 6.45) is -1.48. The summed E-state index contributed by atoms with van der Waals surface area (Å²) >= 11 is 1.68.